The molecule has 3 N–H and O–H groups in total. The molecule has 3 rings (SSSR count). The van der Waals surface area contributed by atoms with Crippen molar-refractivity contribution in [2.75, 3.05) is 29.0 Å². The normalized spacial score (nSPS) is 16.0. The second-order valence-electron chi connectivity index (χ2n) is 5.16. The van der Waals surface area contributed by atoms with Crippen molar-refractivity contribution < 1.29 is 0 Å². The largest absolute Gasteiger partial charge is 0.368 e. The van der Waals surface area contributed by atoms with E-state index < -0.39 is 0 Å². The number of nitrogens with two attached hydrogens (primary N) is 1. The Hall–Kier alpha value is -2.44. The maximum Gasteiger partial charge on any atom is 0.231 e. The summed E-state index contributed by atoms with van der Waals surface area (Å²) in [5.41, 5.74) is 6.87. The lowest BCUT2D eigenvalue weighted by Gasteiger charge is -2.18. The van der Waals surface area contributed by atoms with Crippen molar-refractivity contribution in [2.24, 2.45) is 0 Å². The molecule has 7 heteroatoms. The van der Waals surface area contributed by atoms with Gasteiger partial charge in [-0.15, -0.1) is 0 Å². The van der Waals surface area contributed by atoms with Crippen molar-refractivity contribution in [2.45, 2.75) is 25.8 Å². The summed E-state index contributed by atoms with van der Waals surface area (Å²) < 4.78 is 0. The van der Waals surface area contributed by atoms with E-state index in [9.17, 15) is 0 Å². The van der Waals surface area contributed by atoms with Gasteiger partial charge in [0.15, 0.2) is 0 Å². The van der Waals surface area contributed by atoms with Gasteiger partial charge in [0.05, 0.1) is 6.04 Å². The van der Waals surface area contributed by atoms with E-state index in [0.29, 0.717) is 11.9 Å². The maximum absolute atomic E-state index is 5.80. The molecule has 2 aromatic rings. The summed E-state index contributed by atoms with van der Waals surface area (Å²) >= 11 is 0. The molecule has 2 aromatic heterocycles. The number of pyridine rings is 1. The van der Waals surface area contributed by atoms with Gasteiger partial charge in [-0.05, 0) is 31.4 Å². The Bertz CT molecular complexity index is 596. The third-order valence-electron chi connectivity index (χ3n) is 3.56. The van der Waals surface area contributed by atoms with Crippen LogP contribution in [-0.2, 0) is 0 Å². The first-order chi connectivity index (χ1) is 10.2. The van der Waals surface area contributed by atoms with Gasteiger partial charge in [-0.2, -0.15) is 15.0 Å². The van der Waals surface area contributed by atoms with Crippen LogP contribution in [0.3, 0.4) is 0 Å². The van der Waals surface area contributed by atoms with Crippen molar-refractivity contribution in [1.82, 2.24) is 19.9 Å². The van der Waals surface area contributed by atoms with Gasteiger partial charge in [0.1, 0.15) is 0 Å². The first-order valence-electron chi connectivity index (χ1n) is 7.15. The number of nitrogens with one attached hydrogen (secondary N) is 1. The van der Waals surface area contributed by atoms with Crippen molar-refractivity contribution >= 4 is 17.8 Å². The second kappa shape index (κ2) is 5.90. The van der Waals surface area contributed by atoms with Crippen molar-refractivity contribution in [1.29, 1.82) is 0 Å². The topological polar surface area (TPSA) is 92.8 Å². The molecule has 1 fully saturated rings. The van der Waals surface area contributed by atoms with Gasteiger partial charge in [-0.1, -0.05) is 6.07 Å². The molecule has 0 spiro atoms. The lowest BCUT2D eigenvalue weighted by molar-refractivity contribution is 0.833. The smallest absolute Gasteiger partial charge is 0.231 e. The molecule has 1 aliphatic heterocycles. The lowest BCUT2D eigenvalue weighted by Crippen LogP contribution is -2.22. The molecule has 1 aliphatic rings. The van der Waals surface area contributed by atoms with Crippen LogP contribution in [0.1, 0.15) is 31.4 Å². The number of aromatic nitrogens is 4. The van der Waals surface area contributed by atoms with Crippen LogP contribution in [0.2, 0.25) is 0 Å². The quantitative estimate of drug-likeness (QED) is 0.881. The Labute approximate surface area is 123 Å². The van der Waals surface area contributed by atoms with Crippen LogP contribution < -0.4 is 16.0 Å². The standard InChI is InChI=1S/C14H19N7/c1-10(11-5-4-6-16-9-11)17-13-18-12(15)19-14(20-13)21-7-2-3-8-21/h4-6,9-10H,2-3,7-8H2,1H3,(H3,15,17,18,19,20). The summed E-state index contributed by atoms with van der Waals surface area (Å²) in [6, 6.07) is 3.97. The molecule has 0 amide bonds. The van der Waals surface area contributed by atoms with E-state index in [4.69, 9.17) is 5.73 Å². The highest BCUT2D eigenvalue weighted by Gasteiger charge is 2.17. The average molecular weight is 285 g/mol. The number of nitrogens with zero attached hydrogens (tertiary/aromatic N) is 5. The molecule has 110 valence electrons. The Morgan fingerprint density at radius 3 is 2.76 bits per heavy atom. The molecule has 0 radical (unpaired) electrons. The fraction of sp³-hybridized carbons (Fsp3) is 0.429. The SMILES string of the molecule is CC(Nc1nc(N)nc(N2CCCC2)n1)c1cccnc1. The maximum atomic E-state index is 5.80. The predicted octanol–water partition coefficient (Wildman–Crippen LogP) is 1.62. The van der Waals surface area contributed by atoms with Crippen molar-refractivity contribution in [3.8, 4) is 0 Å². The zero-order valence-corrected chi connectivity index (χ0v) is 12.0. The second-order valence-corrected chi connectivity index (χ2v) is 5.16. The van der Waals surface area contributed by atoms with Crippen LogP contribution in [0.15, 0.2) is 24.5 Å². The third-order valence-corrected chi connectivity index (χ3v) is 3.56. The van der Waals surface area contributed by atoms with Crippen molar-refractivity contribution in [3.05, 3.63) is 30.1 Å². The number of nitrogen functional groups attached to an aromatic ring is 1. The molecule has 0 bridgehead atoms. The van der Waals surface area contributed by atoms with Gasteiger partial charge < -0.3 is 16.0 Å². The van der Waals surface area contributed by atoms with Crippen LogP contribution in [0.25, 0.3) is 0 Å². The first kappa shape index (κ1) is 13.5. The summed E-state index contributed by atoms with van der Waals surface area (Å²) in [7, 11) is 0. The minimum Gasteiger partial charge on any atom is -0.368 e. The van der Waals surface area contributed by atoms with Gasteiger partial charge >= 0.3 is 0 Å². The monoisotopic (exact) mass is 285 g/mol. The molecule has 3 heterocycles. The summed E-state index contributed by atoms with van der Waals surface area (Å²) in [5, 5.41) is 3.25. The molecule has 0 aliphatic carbocycles. The summed E-state index contributed by atoms with van der Waals surface area (Å²) in [4.78, 5) is 19.1. The van der Waals surface area contributed by atoms with Crippen LogP contribution in [0.5, 0.6) is 0 Å². The van der Waals surface area contributed by atoms with Gasteiger partial charge in [-0.25, -0.2) is 0 Å². The lowest BCUT2D eigenvalue weighted by atomic mass is 10.1. The molecule has 1 saturated heterocycles. The molecule has 1 atom stereocenters. The molecule has 21 heavy (non-hydrogen) atoms. The highest BCUT2D eigenvalue weighted by Crippen LogP contribution is 2.20. The summed E-state index contributed by atoms with van der Waals surface area (Å²) in [5.74, 6) is 1.40. The zero-order chi connectivity index (χ0) is 14.7. The minimum atomic E-state index is 0.0481. The van der Waals surface area contributed by atoms with Gasteiger partial charge in [0.2, 0.25) is 17.8 Å². The van der Waals surface area contributed by atoms with Crippen molar-refractivity contribution in [3.63, 3.8) is 0 Å². The van der Waals surface area contributed by atoms with Crippen LogP contribution in [0.4, 0.5) is 17.8 Å². The fourth-order valence-electron chi connectivity index (χ4n) is 2.41. The Balaban J connectivity index is 1.78. The van der Waals surface area contributed by atoms with Gasteiger partial charge in [0.25, 0.3) is 0 Å². The molecule has 7 nitrogen and oxygen atoms in total. The number of hydrogen-bond donors (Lipinski definition) is 2. The Kier molecular flexibility index (Phi) is 3.81. The predicted molar refractivity (Wildman–Crippen MR) is 82.0 cm³/mol. The van der Waals surface area contributed by atoms with E-state index >= 15 is 0 Å². The van der Waals surface area contributed by atoms with E-state index in [0.717, 1.165) is 18.7 Å². The summed E-state index contributed by atoms with van der Waals surface area (Å²) in [6.45, 7) is 3.98. The zero-order valence-electron chi connectivity index (χ0n) is 12.0. The van der Waals surface area contributed by atoms with Crippen LogP contribution in [0, 0.1) is 0 Å². The highest BCUT2D eigenvalue weighted by molar-refractivity contribution is 5.43. The van der Waals surface area contributed by atoms with E-state index in [1.54, 1.807) is 6.20 Å². The number of rotatable bonds is 4. The number of anilines is 3. The van der Waals surface area contributed by atoms with E-state index in [2.05, 4.69) is 30.2 Å². The van der Waals surface area contributed by atoms with Crippen LogP contribution >= 0.6 is 0 Å². The van der Waals surface area contributed by atoms with E-state index in [1.165, 1.54) is 12.8 Å². The molecular weight excluding hydrogens is 266 g/mol. The first-order valence-corrected chi connectivity index (χ1v) is 7.15. The molecular formula is C14H19N7. The van der Waals surface area contributed by atoms with E-state index in [-0.39, 0.29) is 12.0 Å². The highest BCUT2D eigenvalue weighted by atomic mass is 15.3. The third kappa shape index (κ3) is 3.18. The Morgan fingerprint density at radius 2 is 2.05 bits per heavy atom. The molecule has 0 aromatic carbocycles. The minimum absolute atomic E-state index is 0.0481. The van der Waals surface area contributed by atoms with Crippen LogP contribution in [-0.4, -0.2) is 33.0 Å². The summed E-state index contributed by atoms with van der Waals surface area (Å²) in [6.07, 6.45) is 5.91. The van der Waals surface area contributed by atoms with E-state index in [1.807, 2.05) is 25.3 Å². The average Bonchev–Trinajstić information content (AvgIpc) is 3.02. The Morgan fingerprint density at radius 1 is 1.24 bits per heavy atom. The van der Waals surface area contributed by atoms with Gasteiger partial charge in [-0.3, -0.25) is 4.98 Å². The number of hydrogen-bond acceptors (Lipinski definition) is 7. The van der Waals surface area contributed by atoms with Gasteiger partial charge in [0, 0.05) is 25.5 Å². The molecule has 1 unspecified atom stereocenters. The fourth-order valence-corrected chi connectivity index (χ4v) is 2.41. The molecule has 0 saturated carbocycles.